The number of aromatic nitrogens is 1. The van der Waals surface area contributed by atoms with Crippen LogP contribution in [0.5, 0.6) is 0 Å². The van der Waals surface area contributed by atoms with E-state index in [-0.39, 0.29) is 27.2 Å². The lowest BCUT2D eigenvalue weighted by Gasteiger charge is -2.39. The number of thioether (sulfide) groups is 1. The molecule has 0 saturated carbocycles. The molecule has 12 heteroatoms. The van der Waals surface area contributed by atoms with Gasteiger partial charge in [-0.15, -0.1) is 11.8 Å². The maximum Gasteiger partial charge on any atom is 0.416 e. The average Bonchev–Trinajstić information content (AvgIpc) is 3.28. The molecule has 0 bridgehead atoms. The quantitative estimate of drug-likeness (QED) is 0.0940. The number of rotatable bonds is 12. The molecule has 6 nitrogen and oxygen atoms in total. The molecule has 1 aromatic heterocycles. The van der Waals surface area contributed by atoms with E-state index in [2.05, 4.69) is 4.74 Å². The molecule has 1 aliphatic heterocycles. The van der Waals surface area contributed by atoms with Crippen molar-refractivity contribution in [2.24, 2.45) is 0 Å². The number of carbonyl (C=O) groups is 1. The largest absolute Gasteiger partial charge is 0.416 e. The van der Waals surface area contributed by atoms with E-state index in [0.29, 0.717) is 16.3 Å². The zero-order chi connectivity index (χ0) is 52.9. The van der Waals surface area contributed by atoms with Gasteiger partial charge in [0.2, 0.25) is 5.91 Å². The molecule has 2 heterocycles. The van der Waals surface area contributed by atoms with E-state index in [1.54, 1.807) is 0 Å². The maximum absolute atomic E-state index is 15.5. The van der Waals surface area contributed by atoms with Gasteiger partial charge in [0.15, 0.2) is 17.1 Å². The molecule has 0 spiro atoms. The number of halogens is 5. The minimum atomic E-state index is -4.70. The van der Waals surface area contributed by atoms with E-state index in [0.717, 1.165) is 73.8 Å². The Kier molecular flexibility index (Phi) is 6.91. The minimum Gasteiger partial charge on any atom is -0.383 e. The summed E-state index contributed by atoms with van der Waals surface area (Å²) in [5.74, 6) is -5.25. The summed E-state index contributed by atoms with van der Waals surface area (Å²) >= 11 is 0.385. The molecule has 0 N–H and O–H groups in total. The number of nitrogens with zero attached hydrogens (tertiary/aromatic N) is 3. The molecule has 1 fully saturated rings. The van der Waals surface area contributed by atoms with E-state index >= 15 is 4.79 Å². The third-order valence-corrected chi connectivity index (χ3v) is 8.75. The SMILES string of the molecule is [2H]c1c(C)c([2H])c2c(c1[2H])c(=O)c([2H])c(SCc1cccc(F)c1F)n2CC(=O)N(C([2H])([2H])c1ccc(-c2ccc(C(F)(F)F)cc2)cc1)C1([2H])C([2H])([2H])C([2H])([2H])N(CC([2H])([2H])OC)C([2H])([2H])C1([2H])[2H]. The van der Waals surface area contributed by atoms with Gasteiger partial charge < -0.3 is 19.1 Å². The Morgan fingerprint density at radius 2 is 1.72 bits per heavy atom. The number of amides is 1. The van der Waals surface area contributed by atoms with Gasteiger partial charge in [-0.2, -0.15) is 13.2 Å². The first kappa shape index (κ1) is 22.0. The number of methoxy groups -OCH3 is 1. The predicted octanol–water partition coefficient (Wildman–Crippen LogP) is 8.71. The summed E-state index contributed by atoms with van der Waals surface area (Å²) < 4.78 is 228. The van der Waals surface area contributed by atoms with E-state index in [1.807, 2.05) is 0 Å². The summed E-state index contributed by atoms with van der Waals surface area (Å²) in [5, 5.41) is -1.50. The van der Waals surface area contributed by atoms with Crippen LogP contribution in [0.4, 0.5) is 22.0 Å². The number of hydrogen-bond donors (Lipinski definition) is 0. The van der Waals surface area contributed by atoms with Crippen molar-refractivity contribution in [1.82, 2.24) is 14.4 Å². The zero-order valence-corrected chi connectivity index (χ0v) is 28.7. The van der Waals surface area contributed by atoms with Crippen LogP contribution in [-0.2, 0) is 34.5 Å². The first-order valence-electron chi connectivity index (χ1n) is 24.1. The lowest BCUT2D eigenvalue weighted by molar-refractivity contribution is -0.137. The molecule has 4 aromatic carbocycles. The van der Waals surface area contributed by atoms with E-state index in [9.17, 15) is 36.3 Å². The van der Waals surface area contributed by atoms with Crippen LogP contribution in [0.15, 0.2) is 101 Å². The standard InChI is InChI=1S/C41H40F5N3O3S/c1-27-6-15-34-36(22-27)49(39(23-37(34)50)53-26-31-4-3-5-35(42)40(31)43)25-38(51)48(33-16-18-47(19-17-33)20-21-52-2)24-28-7-9-29(10-8-28)30-11-13-32(14-12-30)41(44,45)46/h3-15,22-23,33H,16-21,24-26H2,1-2H3/i6D,15D,16D2,17D2,18D2,19D2,21D2,22D,23D,24D2,33D. The van der Waals surface area contributed by atoms with Gasteiger partial charge in [0.05, 0.1) is 35.0 Å². The lowest BCUT2D eigenvalue weighted by atomic mass is 10.00. The fourth-order valence-electron chi connectivity index (χ4n) is 5.04. The summed E-state index contributed by atoms with van der Waals surface area (Å²) in [6.07, 6.45) is -13.4. The molecule has 0 radical (unpaired) electrons. The van der Waals surface area contributed by atoms with E-state index < -0.39 is 149 Å². The second-order valence-corrected chi connectivity index (χ2v) is 12.3. The smallest absolute Gasteiger partial charge is 0.383 e. The first-order valence-corrected chi connectivity index (χ1v) is 16.6. The normalized spacial score (nSPS) is 23.8. The van der Waals surface area contributed by atoms with Crippen LogP contribution in [0.3, 0.4) is 0 Å². The Labute approximate surface area is 333 Å². The van der Waals surface area contributed by atoms with Crippen molar-refractivity contribution in [2.45, 2.75) is 55.7 Å². The fourth-order valence-corrected chi connectivity index (χ4v) is 6.03. The van der Waals surface area contributed by atoms with Crippen LogP contribution in [0.2, 0.25) is 0 Å². The van der Waals surface area contributed by atoms with Crippen LogP contribution in [0.25, 0.3) is 22.0 Å². The van der Waals surface area contributed by atoms with Crippen molar-refractivity contribution in [2.75, 3.05) is 33.2 Å². The van der Waals surface area contributed by atoms with Gasteiger partial charge in [-0.25, -0.2) is 8.78 Å². The van der Waals surface area contributed by atoms with Gasteiger partial charge in [-0.05, 0) is 72.2 Å². The molecule has 53 heavy (non-hydrogen) atoms. The Morgan fingerprint density at radius 3 is 2.38 bits per heavy atom. The molecular formula is C41H40F5N3O3S. The van der Waals surface area contributed by atoms with Gasteiger partial charge >= 0.3 is 6.18 Å². The minimum absolute atomic E-state index is 0.128. The number of benzene rings is 4. The number of fused-ring (bicyclic) bond motifs is 1. The van der Waals surface area contributed by atoms with Gasteiger partial charge in [0.25, 0.3) is 0 Å². The number of ether oxygens (including phenoxy) is 1. The number of hydrogen-bond acceptors (Lipinski definition) is 5. The predicted molar refractivity (Wildman–Crippen MR) is 198 cm³/mol. The number of alkyl halides is 3. The van der Waals surface area contributed by atoms with Crippen molar-refractivity contribution in [3.05, 3.63) is 135 Å². The highest BCUT2D eigenvalue weighted by molar-refractivity contribution is 7.98. The first-order chi connectivity index (χ1) is 32.0. The van der Waals surface area contributed by atoms with Crippen LogP contribution >= 0.6 is 11.8 Å². The highest BCUT2D eigenvalue weighted by Crippen LogP contribution is 2.32. The summed E-state index contributed by atoms with van der Waals surface area (Å²) in [7, 11) is 0.785. The molecular weight excluding hydrogens is 710 g/mol. The monoisotopic (exact) mass is 766 g/mol. The fraction of sp³-hybridized carbons (Fsp3) is 0.317. The summed E-state index contributed by atoms with van der Waals surface area (Å²) in [4.78, 5) is 28.7. The lowest BCUT2D eigenvalue weighted by Crippen LogP contribution is -2.48. The Morgan fingerprint density at radius 1 is 1.04 bits per heavy atom. The second kappa shape index (κ2) is 16.7. The summed E-state index contributed by atoms with van der Waals surface area (Å²) in [6.45, 7) is -16.9. The topological polar surface area (TPSA) is 54.8 Å². The maximum atomic E-state index is 15.5. The highest BCUT2D eigenvalue weighted by atomic mass is 32.2. The average molecular weight is 767 g/mol. The number of piperidine rings is 1. The third-order valence-electron chi connectivity index (χ3n) is 7.70. The summed E-state index contributed by atoms with van der Waals surface area (Å²) in [5.41, 5.74) is -4.15. The molecule has 1 aliphatic rings. The molecule has 6 rings (SSSR count). The Bertz CT molecular complexity index is 2910. The number of carbonyl (C=O) groups excluding carboxylic acids is 1. The van der Waals surface area contributed by atoms with Gasteiger partial charge in [-0.1, -0.05) is 54.6 Å². The van der Waals surface area contributed by atoms with E-state index in [4.69, 9.17) is 13.7 Å². The molecule has 278 valence electrons. The van der Waals surface area contributed by atoms with Crippen molar-refractivity contribution in [1.29, 1.82) is 0 Å². The molecule has 0 unspecified atom stereocenters. The Balaban J connectivity index is 1.65. The second-order valence-electron chi connectivity index (χ2n) is 11.3. The van der Waals surface area contributed by atoms with Crippen molar-refractivity contribution in [3.8, 4) is 11.1 Å². The highest BCUT2D eigenvalue weighted by Gasteiger charge is 2.31. The molecule has 5 aromatic rings. The molecule has 0 atom stereocenters. The molecule has 1 saturated heterocycles. The van der Waals surface area contributed by atoms with Crippen molar-refractivity contribution < 1.29 is 54.8 Å². The summed E-state index contributed by atoms with van der Waals surface area (Å²) in [6, 6.07) is 2.93. The number of pyridine rings is 1. The van der Waals surface area contributed by atoms with Gasteiger partial charge in [0, 0.05) is 72.9 Å². The zero-order valence-electron chi connectivity index (χ0n) is 44.8. The van der Waals surface area contributed by atoms with Gasteiger partial charge in [-0.3, -0.25) is 9.59 Å². The third kappa shape index (κ3) is 9.17. The van der Waals surface area contributed by atoms with Crippen molar-refractivity contribution in [3.63, 3.8) is 0 Å². The van der Waals surface area contributed by atoms with Crippen LogP contribution < -0.4 is 5.43 Å². The molecule has 1 amide bonds. The van der Waals surface area contributed by atoms with E-state index in [1.165, 1.54) is 6.92 Å². The molecule has 0 aliphatic carbocycles. The number of likely N-dealkylation sites (tertiary alicyclic amines) is 1. The van der Waals surface area contributed by atoms with Crippen LogP contribution in [-0.4, -0.2) is 59.5 Å². The van der Waals surface area contributed by atoms with Crippen LogP contribution in [0.1, 0.15) is 58.3 Å². The van der Waals surface area contributed by atoms with Gasteiger partial charge in [0.1, 0.15) is 6.54 Å². The van der Waals surface area contributed by atoms with Crippen molar-refractivity contribution >= 4 is 28.6 Å². The Hall–Kier alpha value is -4.52. The van der Waals surface area contributed by atoms with Crippen LogP contribution in [0, 0.1) is 18.6 Å².